The molecular formula is C43H42F2N4S3. The summed E-state index contributed by atoms with van der Waals surface area (Å²) >= 11 is 3.74. The van der Waals surface area contributed by atoms with E-state index in [1.54, 1.807) is 12.1 Å². The second-order valence-corrected chi connectivity index (χ2v) is 16.3. The molecule has 2 atom stereocenters. The van der Waals surface area contributed by atoms with E-state index in [1.807, 2.05) is 48.5 Å². The Morgan fingerprint density at radius 3 is 1.60 bits per heavy atom. The van der Waals surface area contributed by atoms with E-state index in [2.05, 4.69) is 48.6 Å². The number of rotatable bonds is 15. The van der Waals surface area contributed by atoms with Gasteiger partial charge >= 0.3 is 0 Å². The molecule has 0 N–H and O–H groups in total. The number of benzene rings is 3. The lowest BCUT2D eigenvalue weighted by Gasteiger charge is -2.14. The summed E-state index contributed by atoms with van der Waals surface area (Å²) in [6.45, 7) is 8.82. The van der Waals surface area contributed by atoms with Gasteiger partial charge in [0, 0.05) is 41.8 Å². The van der Waals surface area contributed by atoms with Crippen LogP contribution in [0.3, 0.4) is 0 Å². The molecule has 0 fully saturated rings. The van der Waals surface area contributed by atoms with Gasteiger partial charge in [0.2, 0.25) is 0 Å². The Morgan fingerprint density at radius 2 is 1.15 bits per heavy atom. The number of unbranched alkanes of at least 4 members (excludes halogenated alkanes) is 1. The summed E-state index contributed by atoms with van der Waals surface area (Å²) in [6, 6.07) is 22.9. The number of halogens is 2. The molecule has 0 bridgehead atoms. The van der Waals surface area contributed by atoms with Gasteiger partial charge in [0.1, 0.15) is 34.8 Å². The first kappa shape index (κ1) is 37.5. The van der Waals surface area contributed by atoms with Crippen molar-refractivity contribution in [1.82, 2.24) is 8.75 Å². The van der Waals surface area contributed by atoms with Crippen LogP contribution in [0.2, 0.25) is 0 Å². The molecule has 9 heteroatoms. The van der Waals surface area contributed by atoms with Crippen LogP contribution in [-0.4, -0.2) is 8.75 Å². The van der Waals surface area contributed by atoms with Crippen LogP contribution in [0.5, 0.6) is 0 Å². The van der Waals surface area contributed by atoms with E-state index in [1.165, 1.54) is 41.9 Å². The molecule has 0 aliphatic rings. The molecule has 0 amide bonds. The van der Waals surface area contributed by atoms with Crippen molar-refractivity contribution in [1.29, 1.82) is 10.5 Å². The highest BCUT2D eigenvalue weighted by Crippen LogP contribution is 2.47. The molecule has 52 heavy (non-hydrogen) atoms. The number of fused-ring (bicyclic) bond motifs is 1. The molecule has 0 saturated heterocycles. The predicted octanol–water partition coefficient (Wildman–Crippen LogP) is 13.6. The van der Waals surface area contributed by atoms with Crippen LogP contribution in [0, 0.1) is 46.1 Å². The maximum absolute atomic E-state index is 15.6. The van der Waals surface area contributed by atoms with Gasteiger partial charge in [0.15, 0.2) is 0 Å². The van der Waals surface area contributed by atoms with Crippen LogP contribution in [-0.2, 0) is 12.8 Å². The highest BCUT2D eigenvalue weighted by Gasteiger charge is 2.27. The van der Waals surface area contributed by atoms with Crippen molar-refractivity contribution in [3.8, 4) is 53.9 Å². The Labute approximate surface area is 317 Å². The van der Waals surface area contributed by atoms with E-state index >= 15 is 8.78 Å². The van der Waals surface area contributed by atoms with Gasteiger partial charge in [-0.1, -0.05) is 84.1 Å². The van der Waals surface area contributed by atoms with Gasteiger partial charge in [-0.3, -0.25) is 0 Å². The molecule has 3 heterocycles. The summed E-state index contributed by atoms with van der Waals surface area (Å²) < 4.78 is 40.2. The number of nitriles is 2. The quantitative estimate of drug-likeness (QED) is 0.105. The zero-order valence-electron chi connectivity index (χ0n) is 30.1. The largest absolute Gasteiger partial charge is 0.206 e. The molecular weight excluding hydrogens is 707 g/mol. The summed E-state index contributed by atoms with van der Waals surface area (Å²) in [5.74, 6) is 0.692. The average Bonchev–Trinajstić information content (AvgIpc) is 3.95. The van der Waals surface area contributed by atoms with Crippen LogP contribution in [0.1, 0.15) is 94.9 Å². The van der Waals surface area contributed by atoms with Crippen molar-refractivity contribution < 1.29 is 8.78 Å². The number of aryl methyl sites for hydroxylation is 2. The number of hydrogen-bond acceptors (Lipinski definition) is 7. The zero-order chi connectivity index (χ0) is 36.8. The van der Waals surface area contributed by atoms with Gasteiger partial charge < -0.3 is 0 Å². The maximum Gasteiger partial charge on any atom is 0.132 e. The normalized spacial score (nSPS) is 12.5. The Kier molecular flexibility index (Phi) is 12.3. The highest BCUT2D eigenvalue weighted by atomic mass is 32.1. The minimum absolute atomic E-state index is 0.196. The van der Waals surface area contributed by atoms with Gasteiger partial charge in [-0.05, 0) is 85.0 Å². The third kappa shape index (κ3) is 7.88. The summed E-state index contributed by atoms with van der Waals surface area (Å²) in [6.07, 6.45) is 9.63. The maximum atomic E-state index is 15.6. The summed E-state index contributed by atoms with van der Waals surface area (Å²) in [7, 11) is 0. The smallest absolute Gasteiger partial charge is 0.132 e. The second kappa shape index (κ2) is 17.0. The van der Waals surface area contributed by atoms with E-state index < -0.39 is 0 Å². The Hall–Kier alpha value is -4.28. The van der Waals surface area contributed by atoms with Crippen LogP contribution in [0.15, 0.2) is 60.7 Å². The van der Waals surface area contributed by atoms with Crippen LogP contribution >= 0.6 is 34.4 Å². The SMILES string of the molecule is CCCCC(CC)CCc1ccc(-c2ccc(-c3c(C#N)c(C#N)c(-c4ccc(-c5ccc(CCC(C)CC)cc5F)s4)c4nsnc34)s2)c(F)c1. The molecule has 0 saturated carbocycles. The van der Waals surface area contributed by atoms with Gasteiger partial charge in [0.25, 0.3) is 0 Å². The molecule has 266 valence electrons. The van der Waals surface area contributed by atoms with Gasteiger partial charge in [-0.15, -0.1) is 22.7 Å². The fraction of sp³-hybridized carbons (Fsp3) is 0.349. The summed E-state index contributed by atoms with van der Waals surface area (Å²) in [5, 5.41) is 21.0. The summed E-state index contributed by atoms with van der Waals surface area (Å²) in [5.41, 5.74) is 5.43. The molecule has 0 radical (unpaired) electrons. The molecule has 6 aromatic rings. The molecule has 3 aromatic carbocycles. The monoisotopic (exact) mass is 748 g/mol. The fourth-order valence-electron chi connectivity index (χ4n) is 6.80. The van der Waals surface area contributed by atoms with E-state index in [0.29, 0.717) is 54.9 Å². The Morgan fingerprint density at radius 1 is 0.654 bits per heavy atom. The van der Waals surface area contributed by atoms with Crippen molar-refractivity contribution in [3.05, 3.63) is 94.6 Å². The molecule has 0 spiro atoms. The standard InChI is InChI=1S/C43H42F2N4S3/c1-5-8-9-27(7-3)12-13-29-15-17-31(35(45)23-29)37-19-21-39(51-37)41-33(25-47)32(24-46)40(42-43(41)49-52-48-42)38-20-18-36(50-38)30-16-14-28(22-34(30)44)11-10-26(4)6-2/h14-23,26-27H,5-13H2,1-4H3. The predicted molar refractivity (Wildman–Crippen MR) is 214 cm³/mol. The summed E-state index contributed by atoms with van der Waals surface area (Å²) in [4.78, 5) is 2.87. The van der Waals surface area contributed by atoms with E-state index in [-0.39, 0.29) is 22.8 Å². The van der Waals surface area contributed by atoms with Crippen LogP contribution in [0.4, 0.5) is 8.78 Å². The van der Waals surface area contributed by atoms with Gasteiger partial charge in [-0.2, -0.15) is 19.3 Å². The van der Waals surface area contributed by atoms with E-state index in [0.717, 1.165) is 71.1 Å². The second-order valence-electron chi connectivity index (χ2n) is 13.6. The molecule has 2 unspecified atom stereocenters. The number of thiophene rings is 2. The Balaban J connectivity index is 1.31. The van der Waals surface area contributed by atoms with Crippen LogP contribution < -0.4 is 0 Å². The highest BCUT2D eigenvalue weighted by molar-refractivity contribution is 7.19. The third-order valence-corrected chi connectivity index (χ3v) is 13.0. The molecule has 6 rings (SSSR count). The topological polar surface area (TPSA) is 73.4 Å². The van der Waals surface area contributed by atoms with Crippen molar-refractivity contribution in [3.63, 3.8) is 0 Å². The van der Waals surface area contributed by atoms with Crippen molar-refractivity contribution in [2.75, 3.05) is 0 Å². The van der Waals surface area contributed by atoms with Gasteiger partial charge in [-0.25, -0.2) is 8.78 Å². The van der Waals surface area contributed by atoms with Crippen molar-refractivity contribution >= 4 is 45.4 Å². The molecule has 3 aromatic heterocycles. The first-order valence-electron chi connectivity index (χ1n) is 18.2. The van der Waals surface area contributed by atoms with E-state index in [4.69, 9.17) is 0 Å². The van der Waals surface area contributed by atoms with E-state index in [9.17, 15) is 10.5 Å². The Bertz CT molecular complexity index is 2270. The zero-order valence-corrected chi connectivity index (χ0v) is 32.5. The van der Waals surface area contributed by atoms with Crippen LogP contribution in [0.25, 0.3) is 52.8 Å². The van der Waals surface area contributed by atoms with Crippen molar-refractivity contribution in [2.45, 2.75) is 85.5 Å². The van der Waals surface area contributed by atoms with Crippen molar-refractivity contribution in [2.24, 2.45) is 11.8 Å². The number of aromatic nitrogens is 2. The number of hydrogen-bond donors (Lipinski definition) is 0. The fourth-order valence-corrected chi connectivity index (χ4v) is 9.53. The minimum Gasteiger partial charge on any atom is -0.206 e. The lowest BCUT2D eigenvalue weighted by Crippen LogP contribution is -2.01. The first-order valence-corrected chi connectivity index (χ1v) is 20.6. The average molecular weight is 749 g/mol. The third-order valence-electron chi connectivity index (χ3n) is 10.2. The number of nitrogens with zero attached hydrogens (tertiary/aromatic N) is 4. The minimum atomic E-state index is -0.281. The molecule has 0 aliphatic heterocycles. The lowest BCUT2D eigenvalue weighted by molar-refractivity contribution is 0.421. The molecule has 0 aliphatic carbocycles. The van der Waals surface area contributed by atoms with Gasteiger partial charge in [0.05, 0.1) is 22.9 Å². The molecule has 4 nitrogen and oxygen atoms in total. The lowest BCUT2D eigenvalue weighted by atomic mass is 9.92. The first-order chi connectivity index (χ1) is 25.3.